The number of nitrogens with one attached hydrogen (secondary N) is 1. The van der Waals surface area contributed by atoms with Crippen molar-refractivity contribution in [1.29, 1.82) is 0 Å². The van der Waals surface area contributed by atoms with Crippen LogP contribution in [0.1, 0.15) is 36.8 Å². The zero-order valence-corrected chi connectivity index (χ0v) is 27.2. The third kappa shape index (κ3) is 6.59. The van der Waals surface area contributed by atoms with E-state index >= 15 is 0 Å². The lowest BCUT2D eigenvalue weighted by Gasteiger charge is -2.15. The van der Waals surface area contributed by atoms with Crippen LogP contribution in [0.15, 0.2) is 103 Å². The molecular weight excluding hydrogens is 618 g/mol. The van der Waals surface area contributed by atoms with Crippen LogP contribution in [0.25, 0.3) is 32.7 Å². The number of hydrogen-bond acceptors (Lipinski definition) is 9. The van der Waals surface area contributed by atoms with Gasteiger partial charge in [0.1, 0.15) is 22.4 Å². The minimum absolute atomic E-state index is 0.0795. The van der Waals surface area contributed by atoms with E-state index in [0.29, 0.717) is 33.1 Å². The van der Waals surface area contributed by atoms with Crippen molar-refractivity contribution in [2.24, 2.45) is 5.16 Å². The molecule has 0 aliphatic rings. The van der Waals surface area contributed by atoms with Gasteiger partial charge in [0.2, 0.25) is 0 Å². The van der Waals surface area contributed by atoms with Gasteiger partial charge in [-0.05, 0) is 67.3 Å². The fourth-order valence-electron chi connectivity index (χ4n) is 5.24. The fourth-order valence-corrected chi connectivity index (χ4v) is 6.32. The van der Waals surface area contributed by atoms with E-state index in [1.165, 1.54) is 15.9 Å². The number of aromatic amines is 1. The van der Waals surface area contributed by atoms with Crippen molar-refractivity contribution >= 4 is 27.3 Å². The number of aryl methyl sites for hydroxylation is 1. The number of thiophene rings is 1. The molecule has 0 bridgehead atoms. The summed E-state index contributed by atoms with van der Waals surface area (Å²) >= 11 is 1.45. The van der Waals surface area contributed by atoms with Crippen LogP contribution in [0.5, 0.6) is 5.75 Å². The van der Waals surface area contributed by atoms with Crippen LogP contribution in [-0.2, 0) is 24.3 Å². The van der Waals surface area contributed by atoms with Crippen molar-refractivity contribution in [1.82, 2.24) is 19.3 Å². The molecule has 47 heavy (non-hydrogen) atoms. The molecular formula is C35H33N5O6S. The van der Waals surface area contributed by atoms with Crippen molar-refractivity contribution in [2.45, 2.75) is 46.4 Å². The molecule has 0 amide bonds. The number of ether oxygens (including phenoxy) is 1. The summed E-state index contributed by atoms with van der Waals surface area (Å²) < 4.78 is 12.9. The first-order valence-electron chi connectivity index (χ1n) is 15.1. The summed E-state index contributed by atoms with van der Waals surface area (Å²) in [6.45, 7) is 5.90. The first-order chi connectivity index (χ1) is 22.7. The quantitative estimate of drug-likeness (QED) is 0.141. The van der Waals surface area contributed by atoms with Crippen LogP contribution < -0.4 is 21.7 Å². The summed E-state index contributed by atoms with van der Waals surface area (Å²) in [6, 6.07) is 24.5. The first kappa shape index (κ1) is 31.5. The molecule has 12 heteroatoms. The first-order valence-corrected chi connectivity index (χ1v) is 15.9. The van der Waals surface area contributed by atoms with E-state index in [1.54, 1.807) is 23.8 Å². The van der Waals surface area contributed by atoms with E-state index in [1.807, 2.05) is 87.5 Å². The molecule has 0 radical (unpaired) electrons. The predicted molar refractivity (Wildman–Crippen MR) is 183 cm³/mol. The van der Waals surface area contributed by atoms with E-state index in [4.69, 9.17) is 14.1 Å². The van der Waals surface area contributed by atoms with E-state index < -0.39 is 11.4 Å². The van der Waals surface area contributed by atoms with E-state index in [0.717, 1.165) is 33.6 Å². The number of oxime groups is 1. The molecule has 0 aliphatic carbocycles. The van der Waals surface area contributed by atoms with Crippen LogP contribution in [0.4, 0.5) is 0 Å². The summed E-state index contributed by atoms with van der Waals surface area (Å²) in [4.78, 5) is 49.4. The minimum atomic E-state index is -0.627. The van der Waals surface area contributed by atoms with Gasteiger partial charge < -0.3 is 9.57 Å². The minimum Gasteiger partial charge on any atom is -0.497 e. The number of nitrogens with zero attached hydrogens (tertiary/aromatic N) is 4. The van der Waals surface area contributed by atoms with Crippen molar-refractivity contribution in [3.63, 3.8) is 0 Å². The number of benzene rings is 3. The highest BCUT2D eigenvalue weighted by atomic mass is 32.1. The Morgan fingerprint density at radius 1 is 0.979 bits per heavy atom. The molecule has 0 aliphatic heterocycles. The molecule has 11 nitrogen and oxygen atoms in total. The summed E-state index contributed by atoms with van der Waals surface area (Å²) in [5.74, 6) is 0.385. The molecule has 0 spiro atoms. The van der Waals surface area contributed by atoms with Crippen LogP contribution in [0.2, 0.25) is 0 Å². The monoisotopic (exact) mass is 651 g/mol. The molecule has 3 aromatic heterocycles. The van der Waals surface area contributed by atoms with Gasteiger partial charge in [-0.2, -0.15) is 0 Å². The molecule has 0 unspecified atom stereocenters. The second kappa shape index (κ2) is 13.5. The molecule has 0 saturated heterocycles. The third-order valence-electron chi connectivity index (χ3n) is 7.63. The average Bonchev–Trinajstić information content (AvgIpc) is 3.73. The van der Waals surface area contributed by atoms with Crippen LogP contribution in [0, 0.1) is 0 Å². The number of hydrogen-bond donors (Lipinski definition) is 1. The molecule has 0 atom stereocenters. The summed E-state index contributed by atoms with van der Waals surface area (Å²) in [5.41, 5.74) is 3.67. The van der Waals surface area contributed by atoms with Gasteiger partial charge in [-0.15, -0.1) is 11.3 Å². The Kier molecular flexibility index (Phi) is 9.03. The highest BCUT2D eigenvalue weighted by Crippen LogP contribution is 2.30. The Hall–Kier alpha value is -5.49. The largest absolute Gasteiger partial charge is 0.497 e. The van der Waals surface area contributed by atoms with Gasteiger partial charge >= 0.3 is 11.4 Å². The van der Waals surface area contributed by atoms with Crippen LogP contribution in [-0.4, -0.2) is 38.2 Å². The van der Waals surface area contributed by atoms with Gasteiger partial charge in [0.05, 0.1) is 25.6 Å². The zero-order valence-electron chi connectivity index (χ0n) is 26.4. The molecule has 1 N–H and O–H groups in total. The number of fused-ring (bicyclic) bond motifs is 1. The Morgan fingerprint density at radius 3 is 2.34 bits per heavy atom. The average molecular weight is 652 g/mol. The van der Waals surface area contributed by atoms with E-state index in [9.17, 15) is 14.4 Å². The Balaban J connectivity index is 1.40. The second-order valence-corrected chi connectivity index (χ2v) is 12.3. The lowest BCUT2D eigenvalue weighted by molar-refractivity contribution is 0.0854. The van der Waals surface area contributed by atoms with Crippen LogP contribution in [0.3, 0.4) is 0 Å². The normalized spacial score (nSPS) is 11.8. The Morgan fingerprint density at radius 2 is 1.70 bits per heavy atom. The second-order valence-electron chi connectivity index (χ2n) is 11.2. The van der Waals surface area contributed by atoms with Gasteiger partial charge in [0.15, 0.2) is 5.82 Å². The van der Waals surface area contributed by atoms with Crippen LogP contribution >= 0.6 is 11.3 Å². The van der Waals surface area contributed by atoms with E-state index in [-0.39, 0.29) is 24.8 Å². The molecule has 6 rings (SSSR count). The Bertz CT molecular complexity index is 2240. The molecule has 240 valence electrons. The van der Waals surface area contributed by atoms with Gasteiger partial charge in [-0.25, -0.2) is 9.59 Å². The maximum Gasteiger partial charge on any atom is 0.439 e. The fraction of sp³-hybridized carbons (Fsp3) is 0.229. The SMILES string of the molecule is CCc1cc2c(=O)n(C/C(=N\OC(C)C)c3ccc(OC)cc3)c(=O)n(Cc3ccc(-c4ccccc4-c4noc(=O)[nH]4)cc3)c2s1. The molecule has 3 aromatic carbocycles. The van der Waals surface area contributed by atoms with Gasteiger partial charge in [0, 0.05) is 16.0 Å². The Labute approximate surface area is 273 Å². The van der Waals surface area contributed by atoms with Gasteiger partial charge in [0.25, 0.3) is 5.56 Å². The smallest absolute Gasteiger partial charge is 0.439 e. The van der Waals surface area contributed by atoms with Crippen molar-refractivity contribution in [3.8, 4) is 28.3 Å². The van der Waals surface area contributed by atoms with Crippen molar-refractivity contribution in [3.05, 3.63) is 126 Å². The van der Waals surface area contributed by atoms with Gasteiger partial charge in [-0.3, -0.25) is 23.4 Å². The molecule has 0 saturated carbocycles. The standard InChI is InChI=1S/C35H33N5O6S/c1-5-26-18-29-32(41)39(20-30(37-45-21(2)3)24-14-16-25(44-4)17-15-24)35(43)40(33(29)47-26)19-22-10-12-23(13-11-22)27-8-6-7-9-28(27)31-36-34(42)46-38-31/h6-18,21H,5,19-20H2,1-4H3,(H,36,38,42)/b37-30+. The van der Waals surface area contributed by atoms with Crippen molar-refractivity contribution in [2.75, 3.05) is 7.11 Å². The number of methoxy groups -OCH3 is 1. The zero-order chi connectivity index (χ0) is 33.1. The molecule has 0 fully saturated rings. The summed E-state index contributed by atoms with van der Waals surface area (Å²) in [7, 11) is 1.59. The van der Waals surface area contributed by atoms with E-state index in [2.05, 4.69) is 15.3 Å². The van der Waals surface area contributed by atoms with Crippen molar-refractivity contribution < 1.29 is 14.1 Å². The number of rotatable bonds is 11. The third-order valence-corrected chi connectivity index (χ3v) is 8.93. The maximum absolute atomic E-state index is 14.2. The number of aromatic nitrogens is 4. The lowest BCUT2D eigenvalue weighted by atomic mass is 9.98. The lowest BCUT2D eigenvalue weighted by Crippen LogP contribution is -2.41. The predicted octanol–water partition coefficient (Wildman–Crippen LogP) is 5.68. The molecule has 6 aromatic rings. The summed E-state index contributed by atoms with van der Waals surface area (Å²) in [6.07, 6.45) is 0.537. The molecule has 3 heterocycles. The van der Waals surface area contributed by atoms with Gasteiger partial charge in [-0.1, -0.05) is 65.8 Å². The highest BCUT2D eigenvalue weighted by Gasteiger charge is 2.19. The number of H-pyrrole nitrogens is 1. The topological polar surface area (TPSA) is 134 Å². The highest BCUT2D eigenvalue weighted by molar-refractivity contribution is 7.18. The maximum atomic E-state index is 14.2. The summed E-state index contributed by atoms with van der Waals surface area (Å²) in [5, 5.41) is 8.68.